The molecule has 1 aliphatic heterocycles. The lowest BCUT2D eigenvalue weighted by Gasteiger charge is -2.29. The van der Waals surface area contributed by atoms with Crippen LogP contribution < -0.4 is 5.32 Å². The first kappa shape index (κ1) is 20.1. The third-order valence-electron chi connectivity index (χ3n) is 5.59. The molecule has 2 aliphatic rings. The molecule has 1 N–H and O–H groups in total. The largest absolute Gasteiger partial charge is 0.325 e. The lowest BCUT2D eigenvalue weighted by atomic mass is 9.85. The third-order valence-corrected chi connectivity index (χ3v) is 5.59. The first-order chi connectivity index (χ1) is 13.5. The number of hydrogen-bond donors (Lipinski definition) is 1. The van der Waals surface area contributed by atoms with Crippen molar-refractivity contribution >= 4 is 17.8 Å². The Balaban J connectivity index is 1.82. The van der Waals surface area contributed by atoms with E-state index in [-0.39, 0.29) is 18.4 Å². The number of nitrogens with one attached hydrogen (secondary N) is 1. The Morgan fingerprint density at radius 2 is 1.93 bits per heavy atom. The van der Waals surface area contributed by atoms with Crippen molar-refractivity contribution in [2.75, 3.05) is 13.1 Å². The second-order valence-electron chi connectivity index (χ2n) is 7.42. The minimum atomic E-state index is -1.09. The van der Waals surface area contributed by atoms with E-state index >= 15 is 0 Å². The van der Waals surface area contributed by atoms with Gasteiger partial charge in [-0.15, -0.1) is 0 Å². The summed E-state index contributed by atoms with van der Waals surface area (Å²) in [6.07, 6.45) is 7.36. The number of hydrogen-bond acceptors (Lipinski definition) is 3. The van der Waals surface area contributed by atoms with Crippen LogP contribution in [-0.2, 0) is 15.1 Å². The number of carbonyl (C=O) groups excluding carboxylic acids is 3. The van der Waals surface area contributed by atoms with E-state index in [0.29, 0.717) is 13.0 Å². The van der Waals surface area contributed by atoms with Gasteiger partial charge >= 0.3 is 6.03 Å². The Hall–Kier alpha value is -2.63. The van der Waals surface area contributed by atoms with Gasteiger partial charge in [-0.3, -0.25) is 14.5 Å². The average molecular weight is 383 g/mol. The van der Waals surface area contributed by atoms with Gasteiger partial charge in [-0.05, 0) is 44.6 Å². The van der Waals surface area contributed by atoms with Crippen molar-refractivity contribution in [2.45, 2.75) is 57.9 Å². The highest BCUT2D eigenvalue weighted by Crippen LogP contribution is 2.33. The molecule has 0 radical (unpaired) electrons. The summed E-state index contributed by atoms with van der Waals surface area (Å²) < 4.78 is 0. The number of nitrogens with zero attached hydrogens (tertiary/aromatic N) is 2. The summed E-state index contributed by atoms with van der Waals surface area (Å²) in [5.74, 6) is -0.549. The molecule has 0 saturated carbocycles. The van der Waals surface area contributed by atoms with Crippen LogP contribution in [0, 0.1) is 0 Å². The molecule has 0 unspecified atom stereocenters. The van der Waals surface area contributed by atoms with Gasteiger partial charge < -0.3 is 10.2 Å². The molecule has 6 nitrogen and oxygen atoms in total. The molecule has 0 aromatic heterocycles. The fourth-order valence-corrected chi connectivity index (χ4v) is 4.20. The lowest BCUT2D eigenvalue weighted by molar-refractivity contribution is -0.138. The zero-order valence-electron chi connectivity index (χ0n) is 16.7. The van der Waals surface area contributed by atoms with E-state index in [9.17, 15) is 14.4 Å². The number of amides is 4. The van der Waals surface area contributed by atoms with Crippen molar-refractivity contribution in [2.24, 2.45) is 0 Å². The fraction of sp³-hybridized carbons (Fsp3) is 0.500. The van der Waals surface area contributed by atoms with Gasteiger partial charge in [0, 0.05) is 12.2 Å². The van der Waals surface area contributed by atoms with E-state index in [1.54, 1.807) is 4.90 Å². The van der Waals surface area contributed by atoms with Crippen LogP contribution in [0.3, 0.4) is 0 Å². The summed E-state index contributed by atoms with van der Waals surface area (Å²) in [4.78, 5) is 41.7. The average Bonchev–Trinajstić information content (AvgIpc) is 2.95. The highest BCUT2D eigenvalue weighted by molar-refractivity contribution is 6.09. The molecular formula is C22H29N3O3. The number of benzene rings is 1. The van der Waals surface area contributed by atoms with Crippen LogP contribution >= 0.6 is 0 Å². The Morgan fingerprint density at radius 3 is 2.54 bits per heavy atom. The van der Waals surface area contributed by atoms with E-state index in [1.165, 1.54) is 0 Å². The lowest BCUT2D eigenvalue weighted by Crippen LogP contribution is -2.45. The molecule has 1 atom stereocenters. The Morgan fingerprint density at radius 1 is 1.18 bits per heavy atom. The smallest absolute Gasteiger partial charge is 0.319 e. The maximum absolute atomic E-state index is 13.3. The van der Waals surface area contributed by atoms with Crippen LogP contribution in [0.4, 0.5) is 4.79 Å². The molecule has 150 valence electrons. The predicted molar refractivity (Wildman–Crippen MR) is 107 cm³/mol. The highest BCUT2D eigenvalue weighted by Gasteiger charge is 2.52. The summed E-state index contributed by atoms with van der Waals surface area (Å²) in [6, 6.07) is 8.80. The van der Waals surface area contributed by atoms with Gasteiger partial charge in [-0.1, -0.05) is 49.8 Å². The summed E-state index contributed by atoms with van der Waals surface area (Å²) >= 11 is 0. The first-order valence-corrected chi connectivity index (χ1v) is 10.2. The number of rotatable bonds is 7. The van der Waals surface area contributed by atoms with Crippen LogP contribution in [0.1, 0.15) is 57.9 Å². The molecule has 1 aromatic rings. The standard InChI is InChI=1S/C22H29N3O3/c1-3-15-22(17-11-7-5-8-12-17)20(27)25(21(28)23-22)16-19(26)24(4-2)18-13-9-6-10-14-18/h5,7-8,11-13H,3-4,6,9-10,14-16H2,1-2H3,(H,23,28)/t22-/m0/s1. The Labute approximate surface area is 166 Å². The monoisotopic (exact) mass is 383 g/mol. The third kappa shape index (κ3) is 3.68. The van der Waals surface area contributed by atoms with Gasteiger partial charge in [-0.25, -0.2) is 4.79 Å². The number of urea groups is 1. The maximum Gasteiger partial charge on any atom is 0.325 e. The maximum atomic E-state index is 13.3. The molecular weight excluding hydrogens is 354 g/mol. The van der Waals surface area contributed by atoms with Crippen LogP contribution in [0.25, 0.3) is 0 Å². The van der Waals surface area contributed by atoms with Crippen molar-refractivity contribution in [1.82, 2.24) is 15.1 Å². The number of likely N-dealkylation sites (N-methyl/N-ethyl adjacent to an activating group) is 1. The van der Waals surface area contributed by atoms with Crippen molar-refractivity contribution in [3.8, 4) is 0 Å². The van der Waals surface area contributed by atoms with Crippen LogP contribution in [0.15, 0.2) is 42.1 Å². The zero-order valence-corrected chi connectivity index (χ0v) is 16.7. The topological polar surface area (TPSA) is 69.7 Å². The predicted octanol–water partition coefficient (Wildman–Crippen LogP) is 3.54. The summed E-state index contributed by atoms with van der Waals surface area (Å²) in [6.45, 7) is 4.21. The SMILES string of the molecule is CCC[C@@]1(c2ccccc2)NC(=O)N(CC(=O)N(CC)C2=CCCCC2)C1=O. The van der Waals surface area contributed by atoms with Crippen molar-refractivity contribution < 1.29 is 14.4 Å². The van der Waals surface area contributed by atoms with Gasteiger partial charge in [-0.2, -0.15) is 0 Å². The summed E-state index contributed by atoms with van der Waals surface area (Å²) in [5, 5.41) is 2.88. The number of carbonyl (C=O) groups is 3. The van der Waals surface area contributed by atoms with E-state index in [0.717, 1.165) is 48.3 Å². The Bertz CT molecular complexity index is 774. The molecule has 0 spiro atoms. The van der Waals surface area contributed by atoms with Crippen molar-refractivity contribution in [1.29, 1.82) is 0 Å². The van der Waals surface area contributed by atoms with Gasteiger partial charge in [0.15, 0.2) is 0 Å². The molecule has 4 amide bonds. The van der Waals surface area contributed by atoms with Crippen LogP contribution in [0.2, 0.25) is 0 Å². The highest BCUT2D eigenvalue weighted by atomic mass is 16.2. The van der Waals surface area contributed by atoms with Gasteiger partial charge in [0.2, 0.25) is 5.91 Å². The molecule has 1 heterocycles. The van der Waals surface area contributed by atoms with E-state index in [4.69, 9.17) is 0 Å². The minimum Gasteiger partial charge on any atom is -0.319 e. The second kappa shape index (κ2) is 8.59. The Kier molecular flexibility index (Phi) is 6.17. The summed E-state index contributed by atoms with van der Waals surface area (Å²) in [7, 11) is 0. The van der Waals surface area contributed by atoms with Crippen molar-refractivity contribution in [3.63, 3.8) is 0 Å². The van der Waals surface area contributed by atoms with Crippen LogP contribution in [-0.4, -0.2) is 40.7 Å². The van der Waals surface area contributed by atoms with Gasteiger partial charge in [0.25, 0.3) is 5.91 Å². The van der Waals surface area contributed by atoms with Gasteiger partial charge in [0.05, 0.1) is 0 Å². The van der Waals surface area contributed by atoms with E-state index in [2.05, 4.69) is 11.4 Å². The zero-order chi connectivity index (χ0) is 20.1. The molecule has 1 saturated heterocycles. The summed E-state index contributed by atoms with van der Waals surface area (Å²) in [5.41, 5.74) is 0.676. The van der Waals surface area contributed by atoms with Gasteiger partial charge in [0.1, 0.15) is 12.1 Å². The molecule has 28 heavy (non-hydrogen) atoms. The van der Waals surface area contributed by atoms with E-state index in [1.807, 2.05) is 44.2 Å². The van der Waals surface area contributed by atoms with E-state index < -0.39 is 11.6 Å². The molecule has 1 fully saturated rings. The molecule has 0 bridgehead atoms. The van der Waals surface area contributed by atoms with Crippen molar-refractivity contribution in [3.05, 3.63) is 47.7 Å². The molecule has 1 aromatic carbocycles. The first-order valence-electron chi connectivity index (χ1n) is 10.2. The molecule has 1 aliphatic carbocycles. The quantitative estimate of drug-likeness (QED) is 0.732. The molecule has 6 heteroatoms. The molecule has 3 rings (SSSR count). The number of imide groups is 1. The minimum absolute atomic E-state index is 0.209. The second-order valence-corrected chi connectivity index (χ2v) is 7.42. The fourth-order valence-electron chi connectivity index (χ4n) is 4.20. The number of allylic oxidation sites excluding steroid dienone is 2. The van der Waals surface area contributed by atoms with Crippen LogP contribution in [0.5, 0.6) is 0 Å². The normalized spacial score (nSPS) is 22.1.